The molecule has 44 heavy (non-hydrogen) atoms. The summed E-state index contributed by atoms with van der Waals surface area (Å²) in [5, 5.41) is 15.1. The molecule has 1 aromatic heterocycles. The Kier molecular flexibility index (Phi) is 8.68. The Morgan fingerprint density at radius 3 is 2.84 bits per heavy atom. The van der Waals surface area contributed by atoms with Gasteiger partial charge in [0.05, 0.1) is 31.3 Å². The normalized spacial score (nSPS) is 24.5. The van der Waals surface area contributed by atoms with E-state index in [9.17, 15) is 14.3 Å². The number of aromatic nitrogens is 2. The number of nitrogens with zero attached hydrogens (tertiary/aromatic N) is 3. The molecule has 6 rings (SSSR count). The molecule has 1 aliphatic carbocycles. The number of fused-ring (bicyclic) bond motifs is 1. The van der Waals surface area contributed by atoms with Crippen molar-refractivity contribution in [3.05, 3.63) is 65.9 Å². The average Bonchev–Trinajstić information content (AvgIpc) is 3.58. The van der Waals surface area contributed by atoms with E-state index in [1.807, 2.05) is 59.7 Å². The molecule has 0 radical (unpaired) electrons. The highest BCUT2D eigenvalue weighted by atomic mass is 19.1. The highest BCUT2D eigenvalue weighted by Gasteiger charge is 2.42. The lowest BCUT2D eigenvalue weighted by Crippen LogP contribution is -2.54. The standard InChI is InChI=1S/C34H43FN4O5/c1-33(2)19-24-17-26(18-27(35)31(24)44-33)43-16-12-25-20-36-14-15-38(25)32(40)29-30(23-9-5-4-6-10-23)39(22-37-29)28-11-7-8-13-34(28,41)21-42-3/h4-6,9-10,17-18,22,25,28,36,41H,7-8,11-16,19-21H2,1-3H3/t25-,28-,34-/m1/s1. The molecule has 0 unspecified atom stereocenters. The topological polar surface area (TPSA) is 98.1 Å². The fourth-order valence-corrected chi connectivity index (χ4v) is 7.11. The Balaban J connectivity index is 1.23. The molecule has 1 saturated heterocycles. The van der Waals surface area contributed by atoms with Gasteiger partial charge in [-0.05, 0) is 32.8 Å². The number of carbonyl (C=O) groups excluding carboxylic acids is 1. The molecule has 1 saturated carbocycles. The number of benzene rings is 2. The van der Waals surface area contributed by atoms with Crippen LogP contribution in [0.15, 0.2) is 48.8 Å². The highest BCUT2D eigenvalue weighted by molar-refractivity contribution is 5.98. The predicted octanol–water partition coefficient (Wildman–Crippen LogP) is 4.78. The Morgan fingerprint density at radius 2 is 2.05 bits per heavy atom. The van der Waals surface area contributed by atoms with E-state index in [1.165, 1.54) is 6.07 Å². The Bertz CT molecular complexity index is 1470. The van der Waals surface area contributed by atoms with Gasteiger partial charge in [0.25, 0.3) is 5.91 Å². The second-order valence-corrected chi connectivity index (χ2v) is 12.9. The van der Waals surface area contributed by atoms with E-state index in [1.54, 1.807) is 13.4 Å². The molecule has 236 valence electrons. The monoisotopic (exact) mass is 606 g/mol. The summed E-state index contributed by atoms with van der Waals surface area (Å²) in [7, 11) is 1.61. The van der Waals surface area contributed by atoms with Crippen molar-refractivity contribution in [2.75, 3.05) is 40.0 Å². The molecule has 0 bridgehead atoms. The second-order valence-electron chi connectivity index (χ2n) is 12.9. The maximum Gasteiger partial charge on any atom is 0.275 e. The summed E-state index contributed by atoms with van der Waals surface area (Å²) in [5.74, 6) is 0.199. The molecule has 3 heterocycles. The smallest absolute Gasteiger partial charge is 0.275 e. The zero-order chi connectivity index (χ0) is 30.9. The van der Waals surface area contributed by atoms with E-state index in [4.69, 9.17) is 19.2 Å². The maximum atomic E-state index is 14.7. The molecular formula is C34H43FN4O5. The van der Waals surface area contributed by atoms with Gasteiger partial charge in [0.2, 0.25) is 0 Å². The van der Waals surface area contributed by atoms with E-state index in [0.29, 0.717) is 68.4 Å². The zero-order valence-electron chi connectivity index (χ0n) is 25.9. The van der Waals surface area contributed by atoms with Crippen LogP contribution in [0.2, 0.25) is 0 Å². The van der Waals surface area contributed by atoms with Gasteiger partial charge in [-0.15, -0.1) is 0 Å². The van der Waals surface area contributed by atoms with Crippen molar-refractivity contribution in [3.8, 4) is 22.8 Å². The first kappa shape index (κ1) is 30.6. The van der Waals surface area contributed by atoms with Crippen LogP contribution >= 0.6 is 0 Å². The minimum Gasteiger partial charge on any atom is -0.493 e. The third-order valence-corrected chi connectivity index (χ3v) is 9.15. The number of hydrogen-bond donors (Lipinski definition) is 2. The minimum absolute atomic E-state index is 0.133. The van der Waals surface area contributed by atoms with Crippen LogP contribution in [-0.4, -0.2) is 82.7 Å². The summed E-state index contributed by atoms with van der Waals surface area (Å²) < 4.78 is 34.0. The van der Waals surface area contributed by atoms with Gasteiger partial charge >= 0.3 is 0 Å². The third kappa shape index (κ3) is 6.07. The van der Waals surface area contributed by atoms with Crippen molar-refractivity contribution >= 4 is 5.91 Å². The largest absolute Gasteiger partial charge is 0.493 e. The molecule has 9 nitrogen and oxygen atoms in total. The van der Waals surface area contributed by atoms with Gasteiger partial charge in [-0.1, -0.05) is 43.2 Å². The summed E-state index contributed by atoms with van der Waals surface area (Å²) in [6, 6.07) is 12.6. The number of imidazole rings is 1. The van der Waals surface area contributed by atoms with Crippen molar-refractivity contribution in [1.29, 1.82) is 0 Å². The SMILES string of the molecule is COC[C@]1(O)CCCC[C@H]1n1cnc(C(=O)N2CCNC[C@H]2CCOc2cc(F)c3c(c2)CC(C)(C)O3)c1-c1ccccc1. The summed E-state index contributed by atoms with van der Waals surface area (Å²) in [5.41, 5.74) is 1.27. The molecule has 2 N–H and O–H groups in total. The molecule has 3 atom stereocenters. The van der Waals surface area contributed by atoms with Gasteiger partial charge in [-0.2, -0.15) is 0 Å². The first-order valence-corrected chi connectivity index (χ1v) is 15.7. The molecule has 10 heteroatoms. The van der Waals surface area contributed by atoms with Crippen LogP contribution < -0.4 is 14.8 Å². The second kappa shape index (κ2) is 12.5. The van der Waals surface area contributed by atoms with Crippen molar-refractivity contribution in [1.82, 2.24) is 19.8 Å². The van der Waals surface area contributed by atoms with E-state index in [0.717, 1.165) is 30.4 Å². The van der Waals surface area contributed by atoms with Gasteiger partial charge in [-0.25, -0.2) is 9.37 Å². The number of carbonyl (C=O) groups is 1. The fraction of sp³-hybridized carbons (Fsp3) is 0.529. The van der Waals surface area contributed by atoms with Crippen molar-refractivity contribution in [2.24, 2.45) is 0 Å². The lowest BCUT2D eigenvalue weighted by atomic mass is 9.80. The van der Waals surface area contributed by atoms with Gasteiger partial charge in [0.1, 0.15) is 17.0 Å². The number of piperazine rings is 1. The number of hydrogen-bond acceptors (Lipinski definition) is 7. The first-order chi connectivity index (χ1) is 21.2. The summed E-state index contributed by atoms with van der Waals surface area (Å²) in [6.07, 6.45) is 6.18. The van der Waals surface area contributed by atoms with E-state index < -0.39 is 17.0 Å². The van der Waals surface area contributed by atoms with Crippen LogP contribution in [0.5, 0.6) is 11.5 Å². The number of halogens is 1. The number of ether oxygens (including phenoxy) is 3. The van der Waals surface area contributed by atoms with Crippen molar-refractivity contribution in [3.63, 3.8) is 0 Å². The van der Waals surface area contributed by atoms with Crippen LogP contribution in [0.25, 0.3) is 11.3 Å². The molecule has 2 aromatic carbocycles. The number of rotatable bonds is 9. The summed E-state index contributed by atoms with van der Waals surface area (Å²) in [4.78, 5) is 20.9. The van der Waals surface area contributed by atoms with E-state index in [2.05, 4.69) is 5.32 Å². The van der Waals surface area contributed by atoms with Crippen LogP contribution in [0.1, 0.15) is 68.0 Å². The summed E-state index contributed by atoms with van der Waals surface area (Å²) >= 11 is 0. The molecule has 3 aromatic rings. The Morgan fingerprint density at radius 1 is 1.23 bits per heavy atom. The minimum atomic E-state index is -1.05. The molecule has 0 spiro atoms. The van der Waals surface area contributed by atoms with E-state index >= 15 is 0 Å². The van der Waals surface area contributed by atoms with Crippen molar-refractivity contribution in [2.45, 2.75) is 75.7 Å². The lowest BCUT2D eigenvalue weighted by Gasteiger charge is -2.41. The quantitative estimate of drug-likeness (QED) is 0.362. The van der Waals surface area contributed by atoms with Gasteiger partial charge in [0.15, 0.2) is 17.3 Å². The van der Waals surface area contributed by atoms with E-state index in [-0.39, 0.29) is 24.6 Å². The van der Waals surface area contributed by atoms with Gasteiger partial charge < -0.3 is 34.1 Å². The van der Waals surface area contributed by atoms with Crippen molar-refractivity contribution < 1.29 is 28.5 Å². The van der Waals surface area contributed by atoms with Crippen LogP contribution in [0, 0.1) is 5.82 Å². The summed E-state index contributed by atoms with van der Waals surface area (Å²) in [6.45, 7) is 6.24. The van der Waals surface area contributed by atoms with Gasteiger partial charge in [-0.3, -0.25) is 4.79 Å². The number of aliphatic hydroxyl groups is 1. The van der Waals surface area contributed by atoms with Crippen LogP contribution in [0.4, 0.5) is 4.39 Å². The number of amides is 1. The first-order valence-electron chi connectivity index (χ1n) is 15.7. The molecule has 1 amide bonds. The third-order valence-electron chi connectivity index (χ3n) is 9.15. The Hall–Kier alpha value is -3.47. The zero-order valence-corrected chi connectivity index (χ0v) is 25.9. The molecule has 2 fully saturated rings. The van der Waals surface area contributed by atoms with Crippen LogP contribution in [0.3, 0.4) is 0 Å². The van der Waals surface area contributed by atoms with Gasteiger partial charge in [0, 0.05) is 62.8 Å². The lowest BCUT2D eigenvalue weighted by molar-refractivity contribution is -0.0893. The molecular weight excluding hydrogens is 563 g/mol. The molecule has 3 aliphatic rings. The van der Waals surface area contributed by atoms with Crippen LogP contribution in [-0.2, 0) is 11.2 Å². The predicted molar refractivity (Wildman–Crippen MR) is 165 cm³/mol. The average molecular weight is 607 g/mol. The molecule has 2 aliphatic heterocycles. The maximum absolute atomic E-state index is 14.7. The Labute approximate surface area is 258 Å². The highest BCUT2D eigenvalue weighted by Crippen LogP contribution is 2.42. The fourth-order valence-electron chi connectivity index (χ4n) is 7.11. The number of nitrogens with one attached hydrogen (secondary N) is 1. The number of methoxy groups -OCH3 is 1.